The first-order chi connectivity index (χ1) is 11.9. The standard InChI is InChI=1S/C19H25NO4S/c1-4-5-8-19(21)20-13-18(17-7-6-11-24-17)25(22,23)16-10-9-14(2)15(3)12-16/h6-7,9-12,18H,4-5,8,13H2,1-3H3,(H,20,21)/t18-/m0/s1. The Balaban J connectivity index is 2.28. The summed E-state index contributed by atoms with van der Waals surface area (Å²) in [6.07, 6.45) is 3.53. The maximum absolute atomic E-state index is 13.1. The number of hydrogen-bond acceptors (Lipinski definition) is 4. The van der Waals surface area contributed by atoms with Gasteiger partial charge in [-0.3, -0.25) is 4.79 Å². The third-order valence-corrected chi connectivity index (χ3v) is 6.34. The van der Waals surface area contributed by atoms with Crippen molar-refractivity contribution in [3.63, 3.8) is 0 Å². The van der Waals surface area contributed by atoms with Crippen LogP contribution < -0.4 is 5.32 Å². The number of hydrogen-bond donors (Lipinski definition) is 1. The lowest BCUT2D eigenvalue weighted by atomic mass is 10.1. The van der Waals surface area contributed by atoms with E-state index in [-0.39, 0.29) is 17.3 Å². The number of sulfone groups is 1. The second-order valence-electron chi connectivity index (χ2n) is 6.20. The molecule has 2 aromatic rings. The van der Waals surface area contributed by atoms with E-state index >= 15 is 0 Å². The summed E-state index contributed by atoms with van der Waals surface area (Å²) in [5.41, 5.74) is 1.94. The van der Waals surface area contributed by atoms with Crippen LogP contribution in [0.2, 0.25) is 0 Å². The summed E-state index contributed by atoms with van der Waals surface area (Å²) in [7, 11) is -3.69. The monoisotopic (exact) mass is 363 g/mol. The first kappa shape index (κ1) is 19.2. The average molecular weight is 363 g/mol. The van der Waals surface area contributed by atoms with E-state index in [0.29, 0.717) is 12.2 Å². The molecule has 5 nitrogen and oxygen atoms in total. The third-order valence-electron chi connectivity index (χ3n) is 4.28. The molecule has 0 saturated heterocycles. The fraction of sp³-hybridized carbons (Fsp3) is 0.421. The molecule has 0 saturated carbocycles. The molecule has 0 spiro atoms. The normalized spacial score (nSPS) is 12.8. The number of rotatable bonds is 8. The van der Waals surface area contributed by atoms with Crippen molar-refractivity contribution in [2.24, 2.45) is 0 Å². The second kappa shape index (κ2) is 8.34. The molecule has 0 radical (unpaired) electrons. The van der Waals surface area contributed by atoms with Crippen LogP contribution >= 0.6 is 0 Å². The van der Waals surface area contributed by atoms with E-state index in [9.17, 15) is 13.2 Å². The number of unbranched alkanes of at least 4 members (excludes halogenated alkanes) is 1. The van der Waals surface area contributed by atoms with Gasteiger partial charge in [0.05, 0.1) is 11.2 Å². The van der Waals surface area contributed by atoms with E-state index in [2.05, 4.69) is 5.32 Å². The van der Waals surface area contributed by atoms with Crippen LogP contribution in [0.3, 0.4) is 0 Å². The maximum atomic E-state index is 13.1. The van der Waals surface area contributed by atoms with Crippen molar-refractivity contribution in [3.8, 4) is 0 Å². The topological polar surface area (TPSA) is 76.4 Å². The lowest BCUT2D eigenvalue weighted by molar-refractivity contribution is -0.121. The lowest BCUT2D eigenvalue weighted by Crippen LogP contribution is -2.31. The van der Waals surface area contributed by atoms with Crippen molar-refractivity contribution in [3.05, 3.63) is 53.5 Å². The molecular formula is C19H25NO4S. The quantitative estimate of drug-likeness (QED) is 0.775. The fourth-order valence-corrected chi connectivity index (χ4v) is 4.20. The van der Waals surface area contributed by atoms with Gasteiger partial charge in [-0.05, 0) is 55.7 Å². The molecule has 6 heteroatoms. The Kier molecular flexibility index (Phi) is 6.42. The molecule has 1 atom stereocenters. The van der Waals surface area contributed by atoms with Gasteiger partial charge in [0.2, 0.25) is 5.91 Å². The molecule has 1 aromatic heterocycles. The molecule has 0 bridgehead atoms. The molecule has 0 fully saturated rings. The van der Waals surface area contributed by atoms with Crippen molar-refractivity contribution in [2.45, 2.75) is 50.2 Å². The number of carbonyl (C=O) groups is 1. The van der Waals surface area contributed by atoms with Crippen LogP contribution in [0, 0.1) is 13.8 Å². The lowest BCUT2D eigenvalue weighted by Gasteiger charge is -2.17. The first-order valence-electron chi connectivity index (χ1n) is 8.47. The van der Waals surface area contributed by atoms with E-state index in [4.69, 9.17) is 4.42 Å². The Morgan fingerprint density at radius 1 is 1.20 bits per heavy atom. The van der Waals surface area contributed by atoms with Gasteiger partial charge in [-0.25, -0.2) is 8.42 Å². The van der Waals surface area contributed by atoms with Gasteiger partial charge < -0.3 is 9.73 Å². The Bertz CT molecular complexity index is 810. The SMILES string of the molecule is CCCCC(=O)NC[C@@H](c1ccco1)S(=O)(=O)c1ccc(C)c(C)c1. The van der Waals surface area contributed by atoms with E-state index in [1.54, 1.807) is 30.3 Å². The highest BCUT2D eigenvalue weighted by Crippen LogP contribution is 2.30. The Labute approximate surface area is 149 Å². The van der Waals surface area contributed by atoms with E-state index < -0.39 is 15.1 Å². The molecule has 0 aliphatic carbocycles. The highest BCUT2D eigenvalue weighted by Gasteiger charge is 2.32. The minimum atomic E-state index is -3.69. The zero-order chi connectivity index (χ0) is 18.4. The predicted octanol–water partition coefficient (Wildman–Crippen LogP) is 3.72. The van der Waals surface area contributed by atoms with Gasteiger partial charge in [0.15, 0.2) is 9.84 Å². The smallest absolute Gasteiger partial charge is 0.220 e. The van der Waals surface area contributed by atoms with Crippen LogP contribution in [0.15, 0.2) is 45.9 Å². The van der Waals surface area contributed by atoms with Crippen LogP contribution in [0.5, 0.6) is 0 Å². The summed E-state index contributed by atoms with van der Waals surface area (Å²) in [4.78, 5) is 12.1. The van der Waals surface area contributed by atoms with E-state index in [0.717, 1.165) is 24.0 Å². The predicted molar refractivity (Wildman–Crippen MR) is 97.1 cm³/mol. The van der Waals surface area contributed by atoms with Crippen LogP contribution in [0.1, 0.15) is 48.3 Å². The number of furan rings is 1. The number of amides is 1. The summed E-state index contributed by atoms with van der Waals surface area (Å²) in [6, 6.07) is 8.34. The van der Waals surface area contributed by atoms with Crippen molar-refractivity contribution in [1.29, 1.82) is 0 Å². The maximum Gasteiger partial charge on any atom is 0.220 e. The molecule has 0 aliphatic rings. The van der Waals surface area contributed by atoms with Gasteiger partial charge >= 0.3 is 0 Å². The third kappa shape index (κ3) is 4.72. The van der Waals surface area contributed by atoms with Crippen molar-refractivity contribution in [1.82, 2.24) is 5.32 Å². The zero-order valence-corrected chi connectivity index (χ0v) is 15.7. The Morgan fingerprint density at radius 3 is 2.56 bits per heavy atom. The summed E-state index contributed by atoms with van der Waals surface area (Å²) in [6.45, 7) is 5.81. The Morgan fingerprint density at radius 2 is 1.96 bits per heavy atom. The summed E-state index contributed by atoms with van der Waals surface area (Å²) < 4.78 is 31.6. The van der Waals surface area contributed by atoms with Gasteiger partial charge in [-0.1, -0.05) is 19.4 Å². The minimum absolute atomic E-state index is 0.00861. The summed E-state index contributed by atoms with van der Waals surface area (Å²) in [5, 5.41) is 1.78. The minimum Gasteiger partial charge on any atom is -0.468 e. The molecule has 0 unspecified atom stereocenters. The molecule has 1 N–H and O–H groups in total. The van der Waals surface area contributed by atoms with Crippen LogP contribution in [-0.2, 0) is 14.6 Å². The zero-order valence-electron chi connectivity index (χ0n) is 14.9. The summed E-state index contributed by atoms with van der Waals surface area (Å²) >= 11 is 0. The molecule has 2 rings (SSSR count). The van der Waals surface area contributed by atoms with E-state index in [1.165, 1.54) is 6.26 Å². The molecule has 25 heavy (non-hydrogen) atoms. The molecule has 0 aliphatic heterocycles. The molecular weight excluding hydrogens is 338 g/mol. The number of carbonyl (C=O) groups excluding carboxylic acids is 1. The highest BCUT2D eigenvalue weighted by molar-refractivity contribution is 7.91. The second-order valence-corrected chi connectivity index (χ2v) is 8.33. The van der Waals surface area contributed by atoms with Crippen LogP contribution in [0.25, 0.3) is 0 Å². The van der Waals surface area contributed by atoms with Gasteiger partial charge in [0, 0.05) is 13.0 Å². The van der Waals surface area contributed by atoms with Gasteiger partial charge in [0.1, 0.15) is 11.0 Å². The fourth-order valence-electron chi connectivity index (χ4n) is 2.53. The van der Waals surface area contributed by atoms with Gasteiger partial charge in [-0.15, -0.1) is 0 Å². The van der Waals surface area contributed by atoms with Crippen molar-refractivity contribution >= 4 is 15.7 Å². The molecule has 1 amide bonds. The number of aryl methyl sites for hydroxylation is 2. The largest absolute Gasteiger partial charge is 0.468 e. The van der Waals surface area contributed by atoms with E-state index in [1.807, 2.05) is 20.8 Å². The molecule has 136 valence electrons. The first-order valence-corrected chi connectivity index (χ1v) is 10.0. The molecule has 1 heterocycles. The van der Waals surface area contributed by atoms with Crippen molar-refractivity contribution < 1.29 is 17.6 Å². The highest BCUT2D eigenvalue weighted by atomic mass is 32.2. The van der Waals surface area contributed by atoms with Crippen molar-refractivity contribution in [2.75, 3.05) is 6.54 Å². The molecule has 1 aromatic carbocycles. The van der Waals surface area contributed by atoms with Crippen LogP contribution in [-0.4, -0.2) is 20.9 Å². The van der Waals surface area contributed by atoms with Crippen LogP contribution in [0.4, 0.5) is 0 Å². The number of nitrogens with one attached hydrogen (secondary N) is 1. The average Bonchev–Trinajstić information content (AvgIpc) is 3.09. The van der Waals surface area contributed by atoms with Gasteiger partial charge in [0.25, 0.3) is 0 Å². The van der Waals surface area contributed by atoms with Gasteiger partial charge in [-0.2, -0.15) is 0 Å². The Hall–Kier alpha value is -2.08. The summed E-state index contributed by atoms with van der Waals surface area (Å²) in [5.74, 6) is 0.183. The number of benzene rings is 1.